The van der Waals surface area contributed by atoms with E-state index in [0.717, 1.165) is 6.67 Å². The Morgan fingerprint density at radius 2 is 2.00 bits per heavy atom. The van der Waals surface area contributed by atoms with E-state index < -0.39 is 0 Å². The molecule has 0 radical (unpaired) electrons. The molecule has 0 unspecified atom stereocenters. The zero-order valence-electron chi connectivity index (χ0n) is 9.67. The van der Waals surface area contributed by atoms with Gasteiger partial charge in [-0.1, -0.05) is 0 Å². The molecule has 0 fully saturated rings. The average molecular weight is 281 g/mol. The summed E-state index contributed by atoms with van der Waals surface area (Å²) in [5.41, 5.74) is 0. The molecule has 0 aliphatic carbocycles. The summed E-state index contributed by atoms with van der Waals surface area (Å²) in [5, 5.41) is 0. The van der Waals surface area contributed by atoms with E-state index in [-0.39, 0.29) is 0 Å². The molecule has 1 aromatic rings. The van der Waals surface area contributed by atoms with Crippen LogP contribution in [0.1, 0.15) is 19.8 Å². The van der Waals surface area contributed by atoms with Gasteiger partial charge in [0.05, 0.1) is 0 Å². The number of nitrogens with zero attached hydrogens (tertiary/aromatic N) is 2. The van der Waals surface area contributed by atoms with Crippen LogP contribution in [-0.2, 0) is 0 Å². The molecule has 1 heterocycles. The Morgan fingerprint density at radius 3 is 2.75 bits per heavy atom. The van der Waals surface area contributed by atoms with E-state index in [2.05, 4.69) is 58.5 Å². The molecule has 0 aromatic heterocycles. The molecule has 1 aliphatic rings. The van der Waals surface area contributed by atoms with Crippen molar-refractivity contribution in [1.29, 1.82) is 0 Å². The molecule has 1 aliphatic heterocycles. The zero-order chi connectivity index (χ0) is 11.2. The third-order valence-electron chi connectivity index (χ3n) is 2.53. The monoisotopic (exact) mass is 282 g/mol. The summed E-state index contributed by atoms with van der Waals surface area (Å²) in [6, 6.07) is 10.7. The Hall–Kier alpha value is -0.921. The molecule has 1 aromatic carbocycles. The van der Waals surface area contributed by atoms with Crippen molar-refractivity contribution in [3.05, 3.63) is 42.7 Å². The number of hydrogen-bond acceptors (Lipinski definition) is 2. The molecule has 0 N–H and O–H groups in total. The van der Waals surface area contributed by atoms with Crippen LogP contribution >= 0.6 is 0 Å². The molecular weight excluding hydrogens is 263 g/mol. The maximum absolute atomic E-state index is 2.41. The number of benzene rings is 1. The van der Waals surface area contributed by atoms with Crippen LogP contribution in [0.2, 0.25) is 0 Å². The van der Waals surface area contributed by atoms with E-state index in [1.165, 1.54) is 23.8 Å². The van der Waals surface area contributed by atoms with Crippen molar-refractivity contribution >= 4 is 19.6 Å². The summed E-state index contributed by atoms with van der Waals surface area (Å²) in [6.07, 6.45) is 7.01. The summed E-state index contributed by atoms with van der Waals surface area (Å²) >= 11 is 0.429. The summed E-state index contributed by atoms with van der Waals surface area (Å²) in [4.78, 5) is 2.40. The molecule has 2 nitrogen and oxygen atoms in total. The van der Waals surface area contributed by atoms with Gasteiger partial charge in [0.2, 0.25) is 0 Å². The summed E-state index contributed by atoms with van der Waals surface area (Å²) < 4.78 is 3.86. The number of rotatable bonds is 5. The van der Waals surface area contributed by atoms with E-state index in [9.17, 15) is 0 Å². The van der Waals surface area contributed by atoms with E-state index in [1.807, 2.05) is 0 Å². The molecule has 2 rings (SSSR count). The molecular formula is C13H18N2Se. The van der Waals surface area contributed by atoms with E-state index in [4.69, 9.17) is 0 Å². The minimum absolute atomic E-state index is 0.429. The topological polar surface area (TPSA) is 6.48 Å². The molecule has 0 spiro atoms. The van der Waals surface area contributed by atoms with Gasteiger partial charge in [-0.25, -0.2) is 0 Å². The molecule has 0 bridgehead atoms. The summed E-state index contributed by atoms with van der Waals surface area (Å²) in [5.74, 6) is 0. The van der Waals surface area contributed by atoms with Crippen LogP contribution in [0, 0.1) is 0 Å². The molecule has 86 valence electrons. The van der Waals surface area contributed by atoms with Crippen LogP contribution in [0.5, 0.6) is 0 Å². The van der Waals surface area contributed by atoms with Crippen molar-refractivity contribution < 1.29 is 0 Å². The molecule has 0 saturated heterocycles. The van der Waals surface area contributed by atoms with Crippen molar-refractivity contribution in [3.63, 3.8) is 0 Å². The van der Waals surface area contributed by atoms with Crippen LogP contribution in [0.3, 0.4) is 0 Å². The van der Waals surface area contributed by atoms with Crippen LogP contribution in [-0.4, -0.2) is 37.2 Å². The molecule has 16 heavy (non-hydrogen) atoms. The van der Waals surface area contributed by atoms with Crippen molar-refractivity contribution in [2.75, 3.05) is 13.2 Å². The Morgan fingerprint density at radius 1 is 1.19 bits per heavy atom. The summed E-state index contributed by atoms with van der Waals surface area (Å²) in [7, 11) is 0. The predicted octanol–water partition coefficient (Wildman–Crippen LogP) is 1.78. The van der Waals surface area contributed by atoms with Crippen molar-refractivity contribution in [1.82, 2.24) is 8.82 Å². The molecule has 0 saturated carbocycles. The fourth-order valence-corrected chi connectivity index (χ4v) is 3.45. The predicted molar refractivity (Wildman–Crippen MR) is 69.3 cm³/mol. The van der Waals surface area contributed by atoms with Crippen molar-refractivity contribution in [2.24, 2.45) is 0 Å². The van der Waals surface area contributed by atoms with E-state index in [1.54, 1.807) is 0 Å². The first-order chi connectivity index (χ1) is 7.88. The fraction of sp³-hybridized carbons (Fsp3) is 0.385. The molecule has 0 amide bonds. The quantitative estimate of drug-likeness (QED) is 0.759. The second kappa shape index (κ2) is 5.97. The fourth-order valence-electron chi connectivity index (χ4n) is 1.62. The standard InChI is InChI=1S/C13H18N2Se/c1-2-3-9-14-10-11-15(12-14)16-13-7-5-4-6-8-13/h4-8,10-11H,2-3,9,12H2,1H3. The van der Waals surface area contributed by atoms with Gasteiger partial charge in [0.15, 0.2) is 0 Å². The second-order valence-corrected chi connectivity index (χ2v) is 6.28. The van der Waals surface area contributed by atoms with Gasteiger partial charge in [0.1, 0.15) is 0 Å². The Kier molecular flexibility index (Phi) is 4.32. The summed E-state index contributed by atoms with van der Waals surface area (Å²) in [6.45, 7) is 4.49. The maximum atomic E-state index is 2.41. The van der Waals surface area contributed by atoms with Gasteiger partial charge < -0.3 is 0 Å². The third kappa shape index (κ3) is 3.29. The van der Waals surface area contributed by atoms with Gasteiger partial charge in [0.25, 0.3) is 0 Å². The third-order valence-corrected chi connectivity index (χ3v) is 4.53. The van der Waals surface area contributed by atoms with Gasteiger partial charge in [0, 0.05) is 0 Å². The SMILES string of the molecule is CCCCN1C=CN([Se]c2ccccc2)C1. The van der Waals surface area contributed by atoms with Gasteiger partial charge >= 0.3 is 104 Å². The van der Waals surface area contributed by atoms with Crippen LogP contribution < -0.4 is 4.46 Å². The number of hydrogen-bond donors (Lipinski definition) is 0. The zero-order valence-corrected chi connectivity index (χ0v) is 11.4. The first-order valence-electron chi connectivity index (χ1n) is 5.80. The first kappa shape index (κ1) is 11.6. The normalized spacial score (nSPS) is 14.8. The van der Waals surface area contributed by atoms with Crippen LogP contribution in [0.4, 0.5) is 0 Å². The van der Waals surface area contributed by atoms with Gasteiger partial charge in [-0.15, -0.1) is 0 Å². The van der Waals surface area contributed by atoms with Gasteiger partial charge in [-0.3, -0.25) is 0 Å². The minimum atomic E-state index is 0.429. The van der Waals surface area contributed by atoms with Crippen molar-refractivity contribution in [3.8, 4) is 0 Å². The van der Waals surface area contributed by atoms with Crippen LogP contribution in [0.15, 0.2) is 42.7 Å². The van der Waals surface area contributed by atoms with E-state index >= 15 is 0 Å². The Balaban J connectivity index is 1.80. The molecule has 0 atom stereocenters. The van der Waals surface area contributed by atoms with E-state index in [0.29, 0.717) is 15.2 Å². The average Bonchev–Trinajstić information content (AvgIpc) is 2.75. The number of unbranched alkanes of at least 4 members (excludes halogenated alkanes) is 1. The Bertz CT molecular complexity index is 337. The van der Waals surface area contributed by atoms with Gasteiger partial charge in [-0.05, 0) is 0 Å². The second-order valence-electron chi connectivity index (χ2n) is 3.93. The van der Waals surface area contributed by atoms with Gasteiger partial charge in [-0.2, -0.15) is 0 Å². The Labute approximate surface area is 104 Å². The van der Waals surface area contributed by atoms with Crippen LogP contribution in [0.25, 0.3) is 0 Å². The molecule has 3 heteroatoms. The van der Waals surface area contributed by atoms with Crippen molar-refractivity contribution in [2.45, 2.75) is 19.8 Å². The first-order valence-corrected chi connectivity index (χ1v) is 7.43.